The van der Waals surface area contributed by atoms with Crippen molar-refractivity contribution in [1.82, 2.24) is 9.97 Å². The van der Waals surface area contributed by atoms with E-state index < -0.39 is 0 Å². The zero-order valence-electron chi connectivity index (χ0n) is 27.5. The summed E-state index contributed by atoms with van der Waals surface area (Å²) in [4.78, 5) is 9.31. The van der Waals surface area contributed by atoms with Gasteiger partial charge in [0.15, 0.2) is 12.6 Å². The lowest BCUT2D eigenvalue weighted by Crippen LogP contribution is -2.22. The molecule has 2 atom stereocenters. The lowest BCUT2D eigenvalue weighted by Gasteiger charge is -2.22. The van der Waals surface area contributed by atoms with Crippen molar-refractivity contribution in [2.24, 2.45) is 0 Å². The van der Waals surface area contributed by atoms with E-state index in [2.05, 4.69) is 34.2 Å². The molecule has 4 heterocycles. The largest absolute Gasteiger partial charge is 0.353 e. The van der Waals surface area contributed by atoms with Gasteiger partial charge in [-0.1, -0.05) is 64.2 Å². The first kappa shape index (κ1) is 35.0. The summed E-state index contributed by atoms with van der Waals surface area (Å²) >= 11 is 0. The number of rotatable bonds is 23. The van der Waals surface area contributed by atoms with Crippen LogP contribution in [0.3, 0.4) is 0 Å². The molecule has 2 aromatic heterocycles. The number of aryl methyl sites for hydroxylation is 2. The van der Waals surface area contributed by atoms with Crippen LogP contribution in [0.15, 0.2) is 36.7 Å². The molecule has 0 amide bonds. The SMILES string of the molecule is c1cc(CCCCCCCCCOC2CCCCO2)cc(-c2cc(CCCCCCCCCOC3CCCCO3)ccn2)n1. The first-order valence-electron chi connectivity index (χ1n) is 18.2. The summed E-state index contributed by atoms with van der Waals surface area (Å²) in [6.07, 6.45) is 31.1. The summed E-state index contributed by atoms with van der Waals surface area (Å²) in [5.74, 6) is 0. The van der Waals surface area contributed by atoms with E-state index in [1.807, 2.05) is 12.4 Å². The van der Waals surface area contributed by atoms with Crippen molar-refractivity contribution in [2.75, 3.05) is 26.4 Å². The Morgan fingerprint density at radius 2 is 0.932 bits per heavy atom. The first-order valence-corrected chi connectivity index (χ1v) is 18.2. The molecule has 246 valence electrons. The molecule has 0 aliphatic carbocycles. The average Bonchev–Trinajstić information content (AvgIpc) is 3.07. The number of hydrogen-bond acceptors (Lipinski definition) is 6. The minimum absolute atomic E-state index is 0.0612. The Balaban J connectivity index is 0.999. The van der Waals surface area contributed by atoms with E-state index in [9.17, 15) is 0 Å². The minimum Gasteiger partial charge on any atom is -0.353 e. The number of aromatic nitrogens is 2. The van der Waals surface area contributed by atoms with E-state index >= 15 is 0 Å². The van der Waals surface area contributed by atoms with Crippen LogP contribution in [0.2, 0.25) is 0 Å². The molecular weight excluding hydrogens is 548 g/mol. The smallest absolute Gasteiger partial charge is 0.157 e. The van der Waals surface area contributed by atoms with Crippen molar-refractivity contribution in [3.05, 3.63) is 47.8 Å². The summed E-state index contributed by atoms with van der Waals surface area (Å²) in [7, 11) is 0. The summed E-state index contributed by atoms with van der Waals surface area (Å²) in [5.41, 5.74) is 4.75. The van der Waals surface area contributed by atoms with Gasteiger partial charge in [0.25, 0.3) is 0 Å². The van der Waals surface area contributed by atoms with Gasteiger partial charge >= 0.3 is 0 Å². The highest BCUT2D eigenvalue weighted by atomic mass is 16.7. The molecule has 0 N–H and O–H groups in total. The van der Waals surface area contributed by atoms with Crippen LogP contribution in [0.4, 0.5) is 0 Å². The highest BCUT2D eigenvalue weighted by Gasteiger charge is 2.14. The van der Waals surface area contributed by atoms with Gasteiger partial charge in [-0.05, 0) is 112 Å². The third-order valence-electron chi connectivity index (χ3n) is 9.01. The van der Waals surface area contributed by atoms with Gasteiger partial charge in [-0.15, -0.1) is 0 Å². The van der Waals surface area contributed by atoms with Crippen LogP contribution in [-0.2, 0) is 31.8 Å². The Morgan fingerprint density at radius 3 is 1.34 bits per heavy atom. The van der Waals surface area contributed by atoms with Crippen LogP contribution >= 0.6 is 0 Å². The maximum Gasteiger partial charge on any atom is 0.157 e. The Labute approximate surface area is 268 Å². The van der Waals surface area contributed by atoms with Crippen molar-refractivity contribution in [3.63, 3.8) is 0 Å². The second-order valence-electron chi connectivity index (χ2n) is 12.9. The van der Waals surface area contributed by atoms with Crippen molar-refractivity contribution in [3.8, 4) is 11.4 Å². The molecule has 6 nitrogen and oxygen atoms in total. The topological polar surface area (TPSA) is 62.7 Å². The number of nitrogens with zero attached hydrogens (tertiary/aromatic N) is 2. The van der Waals surface area contributed by atoms with Crippen molar-refractivity contribution >= 4 is 0 Å². The Morgan fingerprint density at radius 1 is 0.523 bits per heavy atom. The third-order valence-corrected chi connectivity index (χ3v) is 9.01. The fourth-order valence-electron chi connectivity index (χ4n) is 6.28. The molecule has 2 aliphatic rings. The quantitative estimate of drug-likeness (QED) is 0.117. The molecule has 44 heavy (non-hydrogen) atoms. The number of hydrogen-bond donors (Lipinski definition) is 0. The summed E-state index contributed by atoms with van der Waals surface area (Å²) < 4.78 is 23.0. The van der Waals surface area contributed by atoms with Crippen LogP contribution in [-0.4, -0.2) is 49.0 Å². The summed E-state index contributed by atoms with van der Waals surface area (Å²) in [6.45, 7) is 3.43. The van der Waals surface area contributed by atoms with Crippen LogP contribution in [0, 0.1) is 0 Å². The molecule has 0 bridgehead atoms. The second-order valence-corrected chi connectivity index (χ2v) is 12.9. The van der Waals surface area contributed by atoms with E-state index in [-0.39, 0.29) is 12.6 Å². The van der Waals surface area contributed by atoms with Crippen molar-refractivity contribution in [2.45, 2.75) is 154 Å². The maximum atomic E-state index is 5.84. The Bertz CT molecular complexity index is 911. The summed E-state index contributed by atoms with van der Waals surface area (Å²) in [6, 6.07) is 8.83. The molecule has 2 saturated heterocycles. The molecule has 0 saturated carbocycles. The molecule has 2 unspecified atom stereocenters. The number of pyridine rings is 2. The molecule has 0 spiro atoms. The zero-order chi connectivity index (χ0) is 30.3. The predicted octanol–water partition coefficient (Wildman–Crippen LogP) is 9.78. The molecule has 4 rings (SSSR count). The predicted molar refractivity (Wildman–Crippen MR) is 179 cm³/mol. The fraction of sp³-hybridized carbons (Fsp3) is 0.737. The highest BCUT2D eigenvalue weighted by molar-refractivity contribution is 5.55. The van der Waals surface area contributed by atoms with Gasteiger partial charge in [-0.3, -0.25) is 9.97 Å². The van der Waals surface area contributed by atoms with E-state index in [1.165, 1.54) is 114 Å². The van der Waals surface area contributed by atoms with Gasteiger partial charge in [-0.2, -0.15) is 0 Å². The molecule has 2 aliphatic heterocycles. The monoisotopic (exact) mass is 608 g/mol. The van der Waals surface area contributed by atoms with Crippen LogP contribution in [0.5, 0.6) is 0 Å². The second kappa shape index (κ2) is 22.6. The van der Waals surface area contributed by atoms with Crippen LogP contribution < -0.4 is 0 Å². The van der Waals surface area contributed by atoms with Gasteiger partial charge < -0.3 is 18.9 Å². The van der Waals surface area contributed by atoms with Gasteiger partial charge in [0.1, 0.15) is 0 Å². The maximum absolute atomic E-state index is 5.84. The molecule has 6 heteroatoms. The van der Waals surface area contributed by atoms with Crippen LogP contribution in [0.25, 0.3) is 11.4 Å². The highest BCUT2D eigenvalue weighted by Crippen LogP contribution is 2.21. The van der Waals surface area contributed by atoms with Crippen molar-refractivity contribution < 1.29 is 18.9 Å². The van der Waals surface area contributed by atoms with E-state index in [0.29, 0.717) is 0 Å². The minimum atomic E-state index is 0.0612. The van der Waals surface area contributed by atoms with Crippen LogP contribution in [0.1, 0.15) is 140 Å². The van der Waals surface area contributed by atoms with Gasteiger partial charge in [0, 0.05) is 38.8 Å². The molecule has 2 fully saturated rings. The van der Waals surface area contributed by atoms with Gasteiger partial charge in [-0.25, -0.2) is 0 Å². The Hall–Kier alpha value is -1.86. The van der Waals surface area contributed by atoms with Gasteiger partial charge in [0.2, 0.25) is 0 Å². The fourth-order valence-corrected chi connectivity index (χ4v) is 6.28. The molecule has 0 radical (unpaired) electrons. The van der Waals surface area contributed by atoms with Crippen molar-refractivity contribution in [1.29, 1.82) is 0 Å². The van der Waals surface area contributed by atoms with E-state index in [4.69, 9.17) is 18.9 Å². The normalized spacial score (nSPS) is 18.9. The molecular formula is C38H60N2O4. The van der Waals surface area contributed by atoms with E-state index in [0.717, 1.165) is 76.3 Å². The van der Waals surface area contributed by atoms with Gasteiger partial charge in [0.05, 0.1) is 11.4 Å². The number of ether oxygens (including phenoxy) is 4. The summed E-state index contributed by atoms with van der Waals surface area (Å²) in [5, 5.41) is 0. The number of unbranched alkanes of at least 4 members (excludes halogenated alkanes) is 12. The average molecular weight is 609 g/mol. The molecule has 0 aromatic carbocycles. The third kappa shape index (κ3) is 14.9. The zero-order valence-corrected chi connectivity index (χ0v) is 27.5. The standard InChI is InChI=1S/C38H60N2O4/c1(5-9-15-27-41-37-21-13-17-29-43-37)3-7-11-19-33-23-25-39-35(31-33)36-32-34(24-26-40-36)20-12-8-4-2-6-10-16-28-42-38-22-14-18-30-44-38/h23-26,31-32,37-38H,1-22,27-30H2. The lowest BCUT2D eigenvalue weighted by molar-refractivity contribution is -0.163. The Kier molecular flexibility index (Phi) is 18.0. The lowest BCUT2D eigenvalue weighted by atomic mass is 10.0. The first-order chi connectivity index (χ1) is 21.9. The molecule has 2 aromatic rings. The van der Waals surface area contributed by atoms with E-state index in [1.54, 1.807) is 0 Å².